The number of nitrogens with one attached hydrogen (secondary N) is 2. The molecule has 0 bridgehead atoms. The number of nitrogens with zero attached hydrogens (tertiary/aromatic N) is 2. The second-order valence-electron chi connectivity index (χ2n) is 6.68. The van der Waals surface area contributed by atoms with Crippen LogP contribution in [0.5, 0.6) is 11.5 Å². The number of aromatic nitrogens is 2. The third-order valence-corrected chi connectivity index (χ3v) is 6.21. The molecule has 0 saturated carbocycles. The largest absolute Gasteiger partial charge is 0.497 e. The fourth-order valence-corrected chi connectivity index (χ4v) is 4.19. The Kier molecular flexibility index (Phi) is 7.53. The highest BCUT2D eigenvalue weighted by Crippen LogP contribution is 2.31. The van der Waals surface area contributed by atoms with E-state index in [1.165, 1.54) is 28.7 Å². The Hall–Kier alpha value is -2.78. The van der Waals surface area contributed by atoms with Gasteiger partial charge in [0, 0.05) is 11.8 Å². The normalized spacial score (nSPS) is 10.7. The molecule has 3 rings (SSSR count). The van der Waals surface area contributed by atoms with Crippen LogP contribution in [-0.4, -0.2) is 36.1 Å². The molecule has 1 amide bonds. The lowest BCUT2D eigenvalue weighted by Gasteiger charge is -2.11. The molecule has 0 spiro atoms. The Labute approximate surface area is 184 Å². The van der Waals surface area contributed by atoms with Crippen molar-refractivity contribution >= 4 is 45.5 Å². The van der Waals surface area contributed by atoms with E-state index < -0.39 is 0 Å². The second-order valence-corrected chi connectivity index (χ2v) is 8.88. The van der Waals surface area contributed by atoms with E-state index in [0.717, 1.165) is 5.69 Å². The first-order valence-corrected chi connectivity index (χ1v) is 11.1. The number of ether oxygens (including phenoxy) is 2. The summed E-state index contributed by atoms with van der Waals surface area (Å²) in [5.74, 6) is 1.74. The number of rotatable bonds is 9. The van der Waals surface area contributed by atoms with Gasteiger partial charge in [-0.1, -0.05) is 49.1 Å². The van der Waals surface area contributed by atoms with E-state index in [0.29, 0.717) is 32.6 Å². The van der Waals surface area contributed by atoms with E-state index in [9.17, 15) is 4.79 Å². The Balaban J connectivity index is 1.54. The number of anilines is 3. The van der Waals surface area contributed by atoms with Gasteiger partial charge in [0.2, 0.25) is 11.0 Å². The maximum absolute atomic E-state index is 12.4. The molecular weight excluding hydrogens is 420 g/mol. The van der Waals surface area contributed by atoms with Gasteiger partial charge in [-0.25, -0.2) is 0 Å². The van der Waals surface area contributed by atoms with Crippen LogP contribution in [0.15, 0.2) is 46.8 Å². The van der Waals surface area contributed by atoms with Crippen LogP contribution in [0.25, 0.3) is 0 Å². The van der Waals surface area contributed by atoms with E-state index in [2.05, 4.69) is 46.8 Å². The Morgan fingerprint density at radius 3 is 2.53 bits per heavy atom. The molecule has 7 nitrogen and oxygen atoms in total. The fourth-order valence-electron chi connectivity index (χ4n) is 2.62. The third kappa shape index (κ3) is 5.87. The summed E-state index contributed by atoms with van der Waals surface area (Å²) in [7, 11) is 3.13. The first-order valence-electron chi connectivity index (χ1n) is 9.33. The summed E-state index contributed by atoms with van der Waals surface area (Å²) in [6, 6.07) is 13.5. The average molecular weight is 445 g/mol. The van der Waals surface area contributed by atoms with E-state index in [1.54, 1.807) is 32.4 Å². The Bertz CT molecular complexity index is 990. The van der Waals surface area contributed by atoms with E-state index in [1.807, 2.05) is 12.1 Å². The predicted octanol–water partition coefficient (Wildman–Crippen LogP) is 5.15. The zero-order chi connectivity index (χ0) is 21.5. The van der Waals surface area contributed by atoms with Crippen LogP contribution in [-0.2, 0) is 4.79 Å². The van der Waals surface area contributed by atoms with Gasteiger partial charge in [0.1, 0.15) is 11.5 Å². The topological polar surface area (TPSA) is 85.4 Å². The molecule has 3 aromatic rings. The lowest BCUT2D eigenvalue weighted by Crippen LogP contribution is -2.14. The van der Waals surface area contributed by atoms with Gasteiger partial charge in [0.05, 0.1) is 25.7 Å². The first kappa shape index (κ1) is 21.9. The molecule has 0 radical (unpaired) electrons. The lowest BCUT2D eigenvalue weighted by atomic mass is 10.0. The quantitative estimate of drug-likeness (QED) is 0.441. The second kappa shape index (κ2) is 10.3. The Morgan fingerprint density at radius 2 is 1.87 bits per heavy atom. The van der Waals surface area contributed by atoms with Crippen LogP contribution in [0.1, 0.15) is 25.3 Å². The van der Waals surface area contributed by atoms with Crippen LogP contribution in [0.2, 0.25) is 0 Å². The standard InChI is InChI=1S/C21H24N4O3S2/c1-13(2)14-5-7-15(8-6-14)22-20-24-25-21(30-20)29-12-19(26)23-17-11-16(27-3)9-10-18(17)28-4/h5-11,13H,12H2,1-4H3,(H,22,24)(H,23,26). The molecule has 0 atom stereocenters. The molecule has 0 aliphatic rings. The summed E-state index contributed by atoms with van der Waals surface area (Å²) in [5.41, 5.74) is 2.80. The minimum absolute atomic E-state index is 0.166. The molecule has 30 heavy (non-hydrogen) atoms. The van der Waals surface area contributed by atoms with Crippen LogP contribution in [0, 0.1) is 0 Å². The maximum Gasteiger partial charge on any atom is 0.234 e. The number of carbonyl (C=O) groups excluding carboxylic acids is 1. The van der Waals surface area contributed by atoms with E-state index in [-0.39, 0.29) is 11.7 Å². The molecule has 2 N–H and O–H groups in total. The van der Waals surface area contributed by atoms with Crippen LogP contribution in [0.3, 0.4) is 0 Å². The Morgan fingerprint density at radius 1 is 1.10 bits per heavy atom. The van der Waals surface area contributed by atoms with Crippen LogP contribution in [0.4, 0.5) is 16.5 Å². The van der Waals surface area contributed by atoms with Crippen molar-refractivity contribution in [3.8, 4) is 11.5 Å². The summed E-state index contributed by atoms with van der Waals surface area (Å²) in [6.45, 7) is 4.33. The zero-order valence-electron chi connectivity index (χ0n) is 17.3. The van der Waals surface area contributed by atoms with Gasteiger partial charge in [-0.15, -0.1) is 10.2 Å². The molecule has 0 aliphatic heterocycles. The molecule has 0 fully saturated rings. The van der Waals surface area contributed by atoms with Gasteiger partial charge in [0.15, 0.2) is 4.34 Å². The smallest absolute Gasteiger partial charge is 0.234 e. The average Bonchev–Trinajstić information content (AvgIpc) is 3.20. The van der Waals surface area contributed by atoms with Crippen molar-refractivity contribution < 1.29 is 14.3 Å². The number of hydrogen-bond donors (Lipinski definition) is 2. The molecular formula is C21H24N4O3S2. The highest BCUT2D eigenvalue weighted by atomic mass is 32.2. The van der Waals surface area contributed by atoms with Crippen molar-refractivity contribution in [2.24, 2.45) is 0 Å². The summed E-state index contributed by atoms with van der Waals surface area (Å²) < 4.78 is 11.2. The zero-order valence-corrected chi connectivity index (χ0v) is 18.9. The van der Waals surface area contributed by atoms with Crippen molar-refractivity contribution in [1.82, 2.24) is 10.2 Å². The molecule has 0 aliphatic carbocycles. The maximum atomic E-state index is 12.4. The number of carbonyl (C=O) groups is 1. The minimum Gasteiger partial charge on any atom is -0.497 e. The van der Waals surface area contributed by atoms with Crippen molar-refractivity contribution in [2.75, 3.05) is 30.6 Å². The molecule has 1 aromatic heterocycles. The first-order chi connectivity index (χ1) is 14.5. The van der Waals surface area contributed by atoms with Gasteiger partial charge in [-0.2, -0.15) is 0 Å². The number of benzene rings is 2. The number of hydrogen-bond acceptors (Lipinski definition) is 8. The summed E-state index contributed by atoms with van der Waals surface area (Å²) in [4.78, 5) is 12.4. The van der Waals surface area contributed by atoms with Crippen molar-refractivity contribution in [1.29, 1.82) is 0 Å². The lowest BCUT2D eigenvalue weighted by molar-refractivity contribution is -0.113. The summed E-state index contributed by atoms with van der Waals surface area (Å²) in [6.07, 6.45) is 0. The van der Waals surface area contributed by atoms with Crippen molar-refractivity contribution in [3.05, 3.63) is 48.0 Å². The van der Waals surface area contributed by atoms with Gasteiger partial charge in [-0.05, 0) is 35.7 Å². The number of amides is 1. The monoisotopic (exact) mass is 444 g/mol. The number of methoxy groups -OCH3 is 2. The van der Waals surface area contributed by atoms with E-state index in [4.69, 9.17) is 9.47 Å². The minimum atomic E-state index is -0.166. The van der Waals surface area contributed by atoms with E-state index >= 15 is 0 Å². The molecule has 0 saturated heterocycles. The molecule has 9 heteroatoms. The van der Waals surface area contributed by atoms with Gasteiger partial charge >= 0.3 is 0 Å². The number of thioether (sulfide) groups is 1. The molecule has 158 valence electrons. The molecule has 1 heterocycles. The predicted molar refractivity (Wildman–Crippen MR) is 123 cm³/mol. The van der Waals surface area contributed by atoms with Gasteiger partial charge < -0.3 is 20.1 Å². The van der Waals surface area contributed by atoms with Gasteiger partial charge in [-0.3, -0.25) is 4.79 Å². The molecule has 0 unspecified atom stereocenters. The van der Waals surface area contributed by atoms with Crippen molar-refractivity contribution in [3.63, 3.8) is 0 Å². The van der Waals surface area contributed by atoms with Crippen LogP contribution < -0.4 is 20.1 Å². The van der Waals surface area contributed by atoms with Crippen molar-refractivity contribution in [2.45, 2.75) is 24.1 Å². The summed E-state index contributed by atoms with van der Waals surface area (Å²) in [5, 5.41) is 15.1. The fraction of sp³-hybridized carbons (Fsp3) is 0.286. The third-order valence-electron chi connectivity index (χ3n) is 4.24. The SMILES string of the molecule is COc1ccc(OC)c(NC(=O)CSc2nnc(Nc3ccc(C(C)C)cc3)s2)c1. The van der Waals surface area contributed by atoms with Gasteiger partial charge in [0.25, 0.3) is 0 Å². The van der Waals surface area contributed by atoms with Crippen LogP contribution >= 0.6 is 23.1 Å². The highest BCUT2D eigenvalue weighted by molar-refractivity contribution is 8.01. The summed E-state index contributed by atoms with van der Waals surface area (Å²) >= 11 is 2.73. The highest BCUT2D eigenvalue weighted by Gasteiger charge is 2.12. The molecule has 2 aromatic carbocycles.